The van der Waals surface area contributed by atoms with E-state index in [9.17, 15) is 14.9 Å². The van der Waals surface area contributed by atoms with Crippen LogP contribution in [0.15, 0.2) is 55.4 Å². The van der Waals surface area contributed by atoms with Crippen molar-refractivity contribution in [2.75, 3.05) is 24.5 Å². The number of nitrogens with zero attached hydrogens (tertiary/aromatic N) is 4. The Kier molecular flexibility index (Phi) is 6.76. The molecule has 3 aromatic rings. The lowest BCUT2D eigenvalue weighted by Gasteiger charge is -2.28. The van der Waals surface area contributed by atoms with Gasteiger partial charge in [0.1, 0.15) is 5.82 Å². The Morgan fingerprint density at radius 3 is 2.76 bits per heavy atom. The van der Waals surface area contributed by atoms with E-state index < -0.39 is 0 Å². The van der Waals surface area contributed by atoms with Crippen LogP contribution >= 0.6 is 0 Å². The van der Waals surface area contributed by atoms with Gasteiger partial charge in [-0.3, -0.25) is 9.59 Å². The molecule has 1 aliphatic rings. The van der Waals surface area contributed by atoms with E-state index in [1.54, 1.807) is 48.5 Å². The van der Waals surface area contributed by atoms with Crippen LogP contribution in [0.4, 0.5) is 5.69 Å². The summed E-state index contributed by atoms with van der Waals surface area (Å²) in [5.74, 6) is 0.283. The molecule has 1 saturated heterocycles. The SMILES string of the molecule is C=Cc1ccc(-c2cc(C(=O)NCc3cnc(C)nc3)cc(N3CCNCC3=O)c2)c(C#N)c1. The van der Waals surface area contributed by atoms with E-state index in [0.29, 0.717) is 46.9 Å². The molecule has 170 valence electrons. The molecule has 4 rings (SSSR count). The molecule has 2 heterocycles. The molecule has 8 nitrogen and oxygen atoms in total. The van der Waals surface area contributed by atoms with Gasteiger partial charge in [0.15, 0.2) is 0 Å². The summed E-state index contributed by atoms with van der Waals surface area (Å²) in [5, 5.41) is 15.7. The minimum Gasteiger partial charge on any atom is -0.348 e. The van der Waals surface area contributed by atoms with Crippen molar-refractivity contribution in [3.8, 4) is 17.2 Å². The van der Waals surface area contributed by atoms with Crippen LogP contribution in [0.2, 0.25) is 0 Å². The number of aromatic nitrogens is 2. The normalized spacial score (nSPS) is 13.3. The molecule has 8 heteroatoms. The predicted octanol–water partition coefficient (Wildman–Crippen LogP) is 2.83. The third-order valence-corrected chi connectivity index (χ3v) is 5.58. The Morgan fingerprint density at radius 2 is 2.06 bits per heavy atom. The lowest BCUT2D eigenvalue weighted by atomic mass is 9.95. The Bertz CT molecular complexity index is 1290. The minimum absolute atomic E-state index is 0.0749. The summed E-state index contributed by atoms with van der Waals surface area (Å²) >= 11 is 0. The first-order chi connectivity index (χ1) is 16.5. The number of nitrogens with one attached hydrogen (secondary N) is 2. The highest BCUT2D eigenvalue weighted by atomic mass is 16.2. The topological polar surface area (TPSA) is 111 Å². The van der Waals surface area contributed by atoms with E-state index >= 15 is 0 Å². The monoisotopic (exact) mass is 452 g/mol. The number of carbonyl (C=O) groups excluding carboxylic acids is 2. The molecule has 0 aliphatic carbocycles. The number of hydrogen-bond donors (Lipinski definition) is 2. The smallest absolute Gasteiger partial charge is 0.251 e. The first-order valence-electron chi connectivity index (χ1n) is 10.9. The van der Waals surface area contributed by atoms with Crippen LogP contribution in [0.25, 0.3) is 17.2 Å². The molecule has 2 amide bonds. The fourth-order valence-electron chi connectivity index (χ4n) is 3.76. The van der Waals surface area contributed by atoms with Crippen molar-refractivity contribution in [1.82, 2.24) is 20.6 Å². The number of aryl methyl sites for hydroxylation is 1. The molecular weight excluding hydrogens is 428 g/mol. The van der Waals surface area contributed by atoms with Crippen LogP contribution in [0.3, 0.4) is 0 Å². The zero-order valence-corrected chi connectivity index (χ0v) is 18.8. The maximum absolute atomic E-state index is 13.1. The number of hydrogen-bond acceptors (Lipinski definition) is 6. The van der Waals surface area contributed by atoms with Crippen molar-refractivity contribution in [1.29, 1.82) is 5.26 Å². The number of anilines is 1. The van der Waals surface area contributed by atoms with Crippen molar-refractivity contribution >= 4 is 23.6 Å². The predicted molar refractivity (Wildman–Crippen MR) is 130 cm³/mol. The van der Waals surface area contributed by atoms with E-state index in [1.165, 1.54) is 0 Å². The Morgan fingerprint density at radius 1 is 1.26 bits per heavy atom. The summed E-state index contributed by atoms with van der Waals surface area (Å²) in [4.78, 5) is 35.6. The van der Waals surface area contributed by atoms with Gasteiger partial charge in [0, 0.05) is 48.8 Å². The van der Waals surface area contributed by atoms with Gasteiger partial charge >= 0.3 is 0 Å². The molecule has 1 aliphatic heterocycles. The Hall–Kier alpha value is -4.35. The van der Waals surface area contributed by atoms with E-state index in [1.807, 2.05) is 18.2 Å². The number of rotatable bonds is 6. The van der Waals surface area contributed by atoms with E-state index in [0.717, 1.165) is 11.1 Å². The summed E-state index contributed by atoms with van der Waals surface area (Å²) in [6.07, 6.45) is 5.02. The molecule has 2 N–H and O–H groups in total. The minimum atomic E-state index is -0.299. The molecule has 0 radical (unpaired) electrons. The van der Waals surface area contributed by atoms with E-state index in [2.05, 4.69) is 33.2 Å². The van der Waals surface area contributed by atoms with Crippen molar-refractivity contribution < 1.29 is 9.59 Å². The van der Waals surface area contributed by atoms with Gasteiger partial charge in [-0.1, -0.05) is 24.8 Å². The van der Waals surface area contributed by atoms with Crippen LogP contribution in [-0.2, 0) is 11.3 Å². The van der Waals surface area contributed by atoms with Crippen molar-refractivity contribution in [3.05, 3.63) is 83.4 Å². The maximum Gasteiger partial charge on any atom is 0.251 e. The van der Waals surface area contributed by atoms with Gasteiger partial charge in [-0.2, -0.15) is 5.26 Å². The highest BCUT2D eigenvalue weighted by molar-refractivity contribution is 6.01. The summed E-state index contributed by atoms with van der Waals surface area (Å²) in [6.45, 7) is 7.20. The summed E-state index contributed by atoms with van der Waals surface area (Å²) < 4.78 is 0. The molecule has 0 atom stereocenters. The summed E-state index contributed by atoms with van der Waals surface area (Å²) in [7, 11) is 0. The lowest BCUT2D eigenvalue weighted by molar-refractivity contribution is -0.118. The molecule has 1 fully saturated rings. The second kappa shape index (κ2) is 10.1. The first-order valence-corrected chi connectivity index (χ1v) is 10.9. The molecule has 34 heavy (non-hydrogen) atoms. The largest absolute Gasteiger partial charge is 0.348 e. The quantitative estimate of drug-likeness (QED) is 0.595. The van der Waals surface area contributed by atoms with Gasteiger partial charge < -0.3 is 15.5 Å². The second-order valence-corrected chi connectivity index (χ2v) is 7.93. The highest BCUT2D eigenvalue weighted by Crippen LogP contribution is 2.30. The number of nitriles is 1. The zero-order valence-electron chi connectivity index (χ0n) is 18.8. The molecule has 0 bridgehead atoms. The van der Waals surface area contributed by atoms with E-state index in [-0.39, 0.29) is 24.9 Å². The molecule has 0 unspecified atom stereocenters. The summed E-state index contributed by atoms with van der Waals surface area (Å²) in [6, 6.07) is 13.0. The fraction of sp³-hybridized carbons (Fsp3) is 0.192. The first kappa shape index (κ1) is 22.8. The maximum atomic E-state index is 13.1. The highest BCUT2D eigenvalue weighted by Gasteiger charge is 2.22. The number of carbonyl (C=O) groups is 2. The Balaban J connectivity index is 1.72. The van der Waals surface area contributed by atoms with Crippen molar-refractivity contribution in [3.63, 3.8) is 0 Å². The van der Waals surface area contributed by atoms with Gasteiger partial charge in [-0.15, -0.1) is 0 Å². The van der Waals surface area contributed by atoms with Gasteiger partial charge in [0.05, 0.1) is 18.2 Å². The zero-order chi connectivity index (χ0) is 24.1. The summed E-state index contributed by atoms with van der Waals surface area (Å²) in [5.41, 5.74) is 4.43. The molecule has 1 aromatic heterocycles. The number of piperazine rings is 1. The van der Waals surface area contributed by atoms with Gasteiger partial charge in [0.2, 0.25) is 5.91 Å². The van der Waals surface area contributed by atoms with Crippen molar-refractivity contribution in [2.45, 2.75) is 13.5 Å². The van der Waals surface area contributed by atoms with Crippen LogP contribution in [-0.4, -0.2) is 41.4 Å². The Labute approximate surface area is 198 Å². The lowest BCUT2D eigenvalue weighted by Crippen LogP contribution is -2.48. The van der Waals surface area contributed by atoms with Crippen LogP contribution in [0.1, 0.15) is 32.9 Å². The van der Waals surface area contributed by atoms with Crippen molar-refractivity contribution in [2.24, 2.45) is 0 Å². The van der Waals surface area contributed by atoms with Crippen LogP contribution < -0.4 is 15.5 Å². The standard InChI is InChI=1S/C26H24N6O2/c1-3-18-4-5-24(22(8-18)12-27)20-9-21(11-23(10-20)32-7-6-28-16-25(32)33)26(34)31-15-19-13-29-17(2)30-14-19/h3-5,8-11,13-14,28H,1,6-7,15-16H2,2H3,(H,31,34). The second-order valence-electron chi connectivity index (χ2n) is 7.93. The van der Waals surface area contributed by atoms with Gasteiger partial charge in [-0.25, -0.2) is 9.97 Å². The molecule has 0 saturated carbocycles. The molecular formula is C26H24N6O2. The molecule has 2 aromatic carbocycles. The number of benzene rings is 2. The average Bonchev–Trinajstić information content (AvgIpc) is 2.87. The average molecular weight is 453 g/mol. The van der Waals surface area contributed by atoms with Gasteiger partial charge in [0.25, 0.3) is 5.91 Å². The van der Waals surface area contributed by atoms with E-state index in [4.69, 9.17) is 0 Å². The fourth-order valence-corrected chi connectivity index (χ4v) is 3.76. The van der Waals surface area contributed by atoms with Crippen LogP contribution in [0.5, 0.6) is 0 Å². The number of amides is 2. The third kappa shape index (κ3) is 5.00. The van der Waals surface area contributed by atoms with Crippen LogP contribution in [0, 0.1) is 18.3 Å². The van der Waals surface area contributed by atoms with Gasteiger partial charge in [-0.05, 0) is 47.9 Å². The third-order valence-electron chi connectivity index (χ3n) is 5.58. The molecule has 0 spiro atoms.